The standard InChI is InChI=1S/C16H23ClN2O2/c1-12(14-6-4-2-3-5-7-14)18-11-13-8-9-15(17)16(10-13)19(20)21/h8-10,12,14,18H,2-7,11H2,1H3/t12-/m0/s1. The van der Waals surface area contributed by atoms with Crippen molar-refractivity contribution in [1.29, 1.82) is 0 Å². The Bertz CT molecular complexity index is 485. The molecule has 1 aliphatic rings. The van der Waals surface area contributed by atoms with E-state index in [2.05, 4.69) is 12.2 Å². The van der Waals surface area contributed by atoms with Crippen LogP contribution in [0.4, 0.5) is 5.69 Å². The molecular weight excluding hydrogens is 288 g/mol. The van der Waals surface area contributed by atoms with Gasteiger partial charge < -0.3 is 5.32 Å². The third-order valence-electron chi connectivity index (χ3n) is 4.44. The van der Waals surface area contributed by atoms with E-state index < -0.39 is 4.92 Å². The minimum atomic E-state index is -0.430. The van der Waals surface area contributed by atoms with Crippen LogP contribution in [0.2, 0.25) is 5.02 Å². The summed E-state index contributed by atoms with van der Waals surface area (Å²) in [6.45, 7) is 2.87. The van der Waals surface area contributed by atoms with Crippen LogP contribution >= 0.6 is 11.6 Å². The van der Waals surface area contributed by atoms with Crippen molar-refractivity contribution in [2.45, 2.75) is 58.0 Å². The van der Waals surface area contributed by atoms with Crippen LogP contribution in [0.15, 0.2) is 18.2 Å². The van der Waals surface area contributed by atoms with Gasteiger partial charge in [-0.05, 0) is 37.3 Å². The molecule has 4 nitrogen and oxygen atoms in total. The molecule has 1 atom stereocenters. The Hall–Kier alpha value is -1.13. The molecule has 0 unspecified atom stereocenters. The fraction of sp³-hybridized carbons (Fsp3) is 0.625. The van der Waals surface area contributed by atoms with Crippen molar-refractivity contribution in [3.8, 4) is 0 Å². The molecule has 21 heavy (non-hydrogen) atoms. The topological polar surface area (TPSA) is 55.2 Å². The monoisotopic (exact) mass is 310 g/mol. The summed E-state index contributed by atoms with van der Waals surface area (Å²) >= 11 is 5.83. The van der Waals surface area contributed by atoms with Gasteiger partial charge in [0.15, 0.2) is 0 Å². The van der Waals surface area contributed by atoms with Gasteiger partial charge in [0.1, 0.15) is 5.02 Å². The van der Waals surface area contributed by atoms with Crippen molar-refractivity contribution in [3.63, 3.8) is 0 Å². The Morgan fingerprint density at radius 3 is 2.62 bits per heavy atom. The second-order valence-corrected chi connectivity index (χ2v) is 6.37. The average Bonchev–Trinajstić information content (AvgIpc) is 2.75. The summed E-state index contributed by atoms with van der Waals surface area (Å²) in [7, 11) is 0. The Kier molecular flexibility index (Phi) is 6.00. The van der Waals surface area contributed by atoms with Gasteiger partial charge in [0, 0.05) is 18.7 Å². The van der Waals surface area contributed by atoms with Crippen molar-refractivity contribution in [3.05, 3.63) is 38.9 Å². The van der Waals surface area contributed by atoms with Crippen molar-refractivity contribution < 1.29 is 4.92 Å². The second-order valence-electron chi connectivity index (χ2n) is 5.96. The van der Waals surface area contributed by atoms with Gasteiger partial charge in [-0.3, -0.25) is 10.1 Å². The Morgan fingerprint density at radius 1 is 1.33 bits per heavy atom. The molecule has 116 valence electrons. The molecule has 1 fully saturated rings. The Morgan fingerprint density at radius 2 is 2.00 bits per heavy atom. The lowest BCUT2D eigenvalue weighted by atomic mass is 9.93. The number of benzene rings is 1. The summed E-state index contributed by atoms with van der Waals surface area (Å²) in [5.74, 6) is 0.717. The normalized spacial score (nSPS) is 18.2. The minimum absolute atomic E-state index is 0.0157. The molecule has 1 N–H and O–H groups in total. The van der Waals surface area contributed by atoms with Gasteiger partial charge in [-0.25, -0.2) is 0 Å². The minimum Gasteiger partial charge on any atom is -0.310 e. The molecule has 0 bridgehead atoms. The summed E-state index contributed by atoms with van der Waals surface area (Å²) in [6.07, 6.45) is 7.93. The molecule has 0 radical (unpaired) electrons. The SMILES string of the molecule is C[C@H](NCc1ccc(Cl)c([N+](=O)[O-])c1)C1CCCCCC1. The highest BCUT2D eigenvalue weighted by Crippen LogP contribution is 2.27. The quantitative estimate of drug-likeness (QED) is 0.487. The summed E-state index contributed by atoms with van der Waals surface area (Å²) in [4.78, 5) is 10.5. The summed E-state index contributed by atoms with van der Waals surface area (Å²) in [5, 5.41) is 14.6. The van der Waals surface area contributed by atoms with Gasteiger partial charge in [0.25, 0.3) is 5.69 Å². The van der Waals surface area contributed by atoms with Crippen LogP contribution in [0.1, 0.15) is 51.0 Å². The van der Waals surface area contributed by atoms with Crippen molar-refractivity contribution in [2.75, 3.05) is 0 Å². The Labute approximate surface area is 131 Å². The van der Waals surface area contributed by atoms with Crippen molar-refractivity contribution in [2.24, 2.45) is 5.92 Å². The van der Waals surface area contributed by atoms with Gasteiger partial charge in [-0.15, -0.1) is 0 Å². The first-order valence-corrected chi connectivity index (χ1v) is 8.12. The lowest BCUT2D eigenvalue weighted by molar-refractivity contribution is -0.384. The first kappa shape index (κ1) is 16.2. The molecule has 0 heterocycles. The molecule has 0 saturated heterocycles. The first-order valence-electron chi connectivity index (χ1n) is 7.74. The van der Waals surface area contributed by atoms with E-state index in [-0.39, 0.29) is 10.7 Å². The molecule has 0 aromatic heterocycles. The van der Waals surface area contributed by atoms with E-state index in [9.17, 15) is 10.1 Å². The number of hydrogen-bond donors (Lipinski definition) is 1. The highest BCUT2D eigenvalue weighted by atomic mass is 35.5. The fourth-order valence-electron chi connectivity index (χ4n) is 3.06. The van der Waals surface area contributed by atoms with E-state index >= 15 is 0 Å². The van der Waals surface area contributed by atoms with E-state index in [0.29, 0.717) is 12.6 Å². The highest BCUT2D eigenvalue weighted by molar-refractivity contribution is 6.32. The summed E-state index contributed by atoms with van der Waals surface area (Å²) < 4.78 is 0. The number of nitro groups is 1. The molecule has 0 aliphatic heterocycles. The van der Waals surface area contributed by atoms with Crippen LogP contribution in [0, 0.1) is 16.0 Å². The van der Waals surface area contributed by atoms with Gasteiger partial charge in [0.05, 0.1) is 4.92 Å². The number of nitro benzene ring substituents is 1. The second kappa shape index (κ2) is 7.76. The number of halogens is 1. The van der Waals surface area contributed by atoms with Gasteiger partial charge in [-0.1, -0.05) is 43.4 Å². The zero-order valence-corrected chi connectivity index (χ0v) is 13.2. The van der Waals surface area contributed by atoms with Crippen molar-refractivity contribution in [1.82, 2.24) is 5.32 Å². The largest absolute Gasteiger partial charge is 0.310 e. The third-order valence-corrected chi connectivity index (χ3v) is 4.76. The molecule has 1 aromatic carbocycles. The van der Waals surface area contributed by atoms with Crippen LogP contribution in [0.3, 0.4) is 0 Å². The van der Waals surface area contributed by atoms with Crippen LogP contribution in [0.25, 0.3) is 0 Å². The summed E-state index contributed by atoms with van der Waals surface area (Å²) in [5.41, 5.74) is 0.893. The van der Waals surface area contributed by atoms with Gasteiger partial charge in [-0.2, -0.15) is 0 Å². The maximum Gasteiger partial charge on any atom is 0.288 e. The zero-order chi connectivity index (χ0) is 15.2. The van der Waals surface area contributed by atoms with E-state index in [4.69, 9.17) is 11.6 Å². The predicted octanol–water partition coefficient (Wildman–Crippen LogP) is 4.70. The fourth-order valence-corrected chi connectivity index (χ4v) is 3.25. The highest BCUT2D eigenvalue weighted by Gasteiger charge is 2.19. The molecule has 0 spiro atoms. The first-order chi connectivity index (χ1) is 10.1. The van der Waals surface area contributed by atoms with Crippen LogP contribution in [-0.4, -0.2) is 11.0 Å². The smallest absolute Gasteiger partial charge is 0.288 e. The molecule has 5 heteroatoms. The molecular formula is C16H23ClN2O2. The average molecular weight is 311 g/mol. The van der Waals surface area contributed by atoms with E-state index in [1.165, 1.54) is 38.5 Å². The molecule has 2 rings (SSSR count). The maximum absolute atomic E-state index is 10.9. The third kappa shape index (κ3) is 4.68. The van der Waals surface area contributed by atoms with Crippen LogP contribution in [-0.2, 0) is 6.54 Å². The van der Waals surface area contributed by atoms with Gasteiger partial charge in [0.2, 0.25) is 0 Å². The number of hydrogen-bond acceptors (Lipinski definition) is 3. The number of nitrogens with one attached hydrogen (secondary N) is 1. The maximum atomic E-state index is 10.9. The molecule has 0 amide bonds. The summed E-state index contributed by atoms with van der Waals surface area (Å²) in [6, 6.07) is 5.46. The number of nitrogens with zero attached hydrogens (tertiary/aromatic N) is 1. The van der Waals surface area contributed by atoms with E-state index in [0.717, 1.165) is 11.5 Å². The van der Waals surface area contributed by atoms with Crippen LogP contribution < -0.4 is 5.32 Å². The Balaban J connectivity index is 1.92. The molecule has 1 aromatic rings. The zero-order valence-electron chi connectivity index (χ0n) is 12.5. The molecule has 1 aliphatic carbocycles. The predicted molar refractivity (Wildman–Crippen MR) is 85.6 cm³/mol. The lowest BCUT2D eigenvalue weighted by Gasteiger charge is -2.23. The lowest BCUT2D eigenvalue weighted by Crippen LogP contribution is -2.32. The van der Waals surface area contributed by atoms with Gasteiger partial charge >= 0.3 is 0 Å². The van der Waals surface area contributed by atoms with E-state index in [1.807, 2.05) is 6.07 Å². The number of rotatable bonds is 5. The molecule has 1 saturated carbocycles. The van der Waals surface area contributed by atoms with Crippen molar-refractivity contribution >= 4 is 17.3 Å². The van der Waals surface area contributed by atoms with E-state index in [1.54, 1.807) is 12.1 Å². The van der Waals surface area contributed by atoms with Crippen LogP contribution in [0.5, 0.6) is 0 Å².